The average molecular weight is 372 g/mol. The molecule has 4 rings (SSSR count). The predicted molar refractivity (Wildman–Crippen MR) is 101 cm³/mol. The molecule has 0 bridgehead atoms. The van der Waals surface area contributed by atoms with Gasteiger partial charge in [0.15, 0.2) is 0 Å². The van der Waals surface area contributed by atoms with Gasteiger partial charge in [-0.2, -0.15) is 5.32 Å². The van der Waals surface area contributed by atoms with Gasteiger partial charge in [0, 0.05) is 6.04 Å². The molecule has 7 heteroatoms. The molecule has 3 aliphatic heterocycles. The second-order valence-electron chi connectivity index (χ2n) is 6.61. The Kier molecular flexibility index (Phi) is 6.75. The van der Waals surface area contributed by atoms with Gasteiger partial charge in [0.2, 0.25) is 0 Å². The van der Waals surface area contributed by atoms with E-state index in [0.717, 1.165) is 30.5 Å². The summed E-state index contributed by atoms with van der Waals surface area (Å²) in [6.07, 6.45) is 5.00. The van der Waals surface area contributed by atoms with Crippen LogP contribution in [0.5, 0.6) is 0 Å². The highest BCUT2D eigenvalue weighted by Gasteiger charge is 2.28. The van der Waals surface area contributed by atoms with E-state index in [2.05, 4.69) is 33.0 Å². The van der Waals surface area contributed by atoms with Crippen molar-refractivity contribution in [3.63, 3.8) is 0 Å². The van der Waals surface area contributed by atoms with Crippen molar-refractivity contribution in [2.24, 2.45) is 0 Å². The first-order valence-corrected chi connectivity index (χ1v) is 8.41. The molecule has 2 N–H and O–H groups in total. The molecular formula is C17H25Cl2N4O. The number of amides is 2. The lowest BCUT2D eigenvalue weighted by Crippen LogP contribution is -2.46. The summed E-state index contributed by atoms with van der Waals surface area (Å²) in [7, 11) is 0. The minimum atomic E-state index is -0.243. The van der Waals surface area contributed by atoms with Crippen LogP contribution < -0.4 is 16.0 Å². The van der Waals surface area contributed by atoms with E-state index in [-0.39, 0.29) is 30.8 Å². The summed E-state index contributed by atoms with van der Waals surface area (Å²) < 4.78 is 0. The van der Waals surface area contributed by atoms with Crippen LogP contribution in [-0.4, -0.2) is 43.2 Å². The maximum atomic E-state index is 11.3. The maximum Gasteiger partial charge on any atom is 0.346 e. The number of carbonyl (C=O) groups is 1. The zero-order valence-corrected chi connectivity index (χ0v) is 15.3. The van der Waals surface area contributed by atoms with E-state index < -0.39 is 0 Å². The van der Waals surface area contributed by atoms with Crippen molar-refractivity contribution in [3.05, 3.63) is 23.8 Å². The maximum absolute atomic E-state index is 11.3. The van der Waals surface area contributed by atoms with Crippen molar-refractivity contribution < 1.29 is 4.79 Å². The van der Waals surface area contributed by atoms with Gasteiger partial charge in [-0.3, -0.25) is 0 Å². The number of nitrogens with zero attached hydrogens (tertiary/aromatic N) is 2. The number of rotatable bonds is 2. The van der Waals surface area contributed by atoms with Crippen LogP contribution in [0, 0.1) is 0 Å². The van der Waals surface area contributed by atoms with E-state index in [1.165, 1.54) is 44.3 Å². The molecule has 1 aromatic carbocycles. The fraction of sp³-hybridized carbons (Fsp3) is 0.588. The monoisotopic (exact) mass is 371 g/mol. The first-order chi connectivity index (χ1) is 10.8. The van der Waals surface area contributed by atoms with Crippen molar-refractivity contribution in [1.82, 2.24) is 15.5 Å². The first-order valence-electron chi connectivity index (χ1n) is 8.41. The van der Waals surface area contributed by atoms with Crippen LogP contribution in [-0.2, 0) is 0 Å². The zero-order chi connectivity index (χ0) is 14.9. The summed E-state index contributed by atoms with van der Waals surface area (Å²) >= 11 is 0. The van der Waals surface area contributed by atoms with Crippen molar-refractivity contribution >= 4 is 42.2 Å². The van der Waals surface area contributed by atoms with E-state index >= 15 is 0 Å². The number of nitrogens with one attached hydrogen (secondary N) is 2. The molecule has 0 atom stereocenters. The largest absolute Gasteiger partial charge is 0.346 e. The molecule has 1 aromatic rings. The molecule has 3 aliphatic rings. The van der Waals surface area contributed by atoms with Crippen molar-refractivity contribution in [2.45, 2.75) is 37.6 Å². The van der Waals surface area contributed by atoms with Crippen LogP contribution in [0.1, 0.15) is 37.2 Å². The summed E-state index contributed by atoms with van der Waals surface area (Å²) in [5, 5.41) is 10.2. The first kappa shape index (κ1) is 19.3. The highest BCUT2D eigenvalue weighted by Crippen LogP contribution is 2.35. The van der Waals surface area contributed by atoms with Crippen molar-refractivity contribution in [2.75, 3.05) is 31.5 Å². The number of hydrogen-bond donors (Lipinski definition) is 2. The van der Waals surface area contributed by atoms with Gasteiger partial charge in [-0.15, -0.1) is 24.8 Å². The topological polar surface area (TPSA) is 58.5 Å². The van der Waals surface area contributed by atoms with E-state index in [1.807, 2.05) is 6.07 Å². The number of halogens is 2. The number of hydrogen-bond acceptors (Lipinski definition) is 3. The van der Waals surface area contributed by atoms with Gasteiger partial charge in [-0.25, -0.2) is 4.79 Å². The second kappa shape index (κ2) is 8.39. The Morgan fingerprint density at radius 2 is 1.75 bits per heavy atom. The number of urea groups is 1. The molecule has 24 heavy (non-hydrogen) atoms. The normalized spacial score (nSPS) is 21.9. The summed E-state index contributed by atoms with van der Waals surface area (Å²) in [4.78, 5) is 14.0. The van der Waals surface area contributed by atoms with Crippen LogP contribution in [0.4, 0.5) is 16.2 Å². The van der Waals surface area contributed by atoms with Crippen molar-refractivity contribution in [3.8, 4) is 0 Å². The minimum Gasteiger partial charge on any atom is -0.317 e. The molecule has 2 saturated heterocycles. The SMILES string of the molecule is Cl.Cl.O=C1[N]c2cc(C3CCN(C4CCNCC4)CC3)ccc2N1. The molecule has 0 aliphatic carbocycles. The summed E-state index contributed by atoms with van der Waals surface area (Å²) in [5.41, 5.74) is 2.99. The lowest BCUT2D eigenvalue weighted by molar-refractivity contribution is 0.127. The van der Waals surface area contributed by atoms with Gasteiger partial charge < -0.3 is 15.5 Å². The molecule has 5 nitrogen and oxygen atoms in total. The third kappa shape index (κ3) is 3.97. The van der Waals surface area contributed by atoms with Crippen LogP contribution in [0.3, 0.4) is 0 Å². The van der Waals surface area contributed by atoms with Crippen LogP contribution in [0.15, 0.2) is 18.2 Å². The Balaban J connectivity index is 0.00000104. The van der Waals surface area contributed by atoms with Crippen molar-refractivity contribution in [1.29, 1.82) is 0 Å². The van der Waals surface area contributed by atoms with Crippen LogP contribution >= 0.6 is 24.8 Å². The molecule has 0 aromatic heterocycles. The summed E-state index contributed by atoms with van der Waals surface area (Å²) in [6.45, 7) is 4.72. The number of anilines is 1. The van der Waals surface area contributed by atoms with Crippen LogP contribution in [0.2, 0.25) is 0 Å². The Labute approximate surface area is 155 Å². The highest BCUT2D eigenvalue weighted by molar-refractivity contribution is 6.02. The number of piperidine rings is 2. The zero-order valence-electron chi connectivity index (χ0n) is 13.7. The van der Waals surface area contributed by atoms with Crippen LogP contribution in [0.25, 0.3) is 0 Å². The summed E-state index contributed by atoms with van der Waals surface area (Å²) in [5.74, 6) is 0.606. The molecule has 2 fully saturated rings. The van der Waals surface area contributed by atoms with E-state index in [1.54, 1.807) is 0 Å². The van der Waals surface area contributed by atoms with E-state index in [4.69, 9.17) is 0 Å². The fourth-order valence-electron chi connectivity index (χ4n) is 4.02. The van der Waals surface area contributed by atoms with Gasteiger partial charge in [0.25, 0.3) is 0 Å². The van der Waals surface area contributed by atoms with E-state index in [9.17, 15) is 4.79 Å². The number of fused-ring (bicyclic) bond motifs is 1. The average Bonchev–Trinajstić information content (AvgIpc) is 2.95. The number of benzene rings is 1. The smallest absolute Gasteiger partial charge is 0.317 e. The molecule has 0 unspecified atom stereocenters. The minimum absolute atomic E-state index is 0. The third-order valence-corrected chi connectivity index (χ3v) is 5.31. The Morgan fingerprint density at radius 3 is 2.46 bits per heavy atom. The predicted octanol–water partition coefficient (Wildman–Crippen LogP) is 3.24. The third-order valence-electron chi connectivity index (χ3n) is 5.31. The Morgan fingerprint density at radius 1 is 1.04 bits per heavy atom. The molecule has 0 spiro atoms. The quantitative estimate of drug-likeness (QED) is 0.838. The van der Waals surface area contributed by atoms with Gasteiger partial charge in [0.05, 0.1) is 11.4 Å². The Hall–Kier alpha value is -1.01. The molecule has 133 valence electrons. The van der Waals surface area contributed by atoms with E-state index in [0.29, 0.717) is 5.92 Å². The van der Waals surface area contributed by atoms with Gasteiger partial charge in [-0.05, 0) is 75.5 Å². The molecule has 2 amide bonds. The molecule has 0 saturated carbocycles. The lowest BCUT2D eigenvalue weighted by atomic mass is 9.87. The summed E-state index contributed by atoms with van der Waals surface area (Å²) in [6, 6.07) is 6.79. The molecule has 1 radical (unpaired) electrons. The molecular weight excluding hydrogens is 347 g/mol. The second-order valence-corrected chi connectivity index (χ2v) is 6.61. The van der Waals surface area contributed by atoms with Gasteiger partial charge in [-0.1, -0.05) is 6.07 Å². The highest BCUT2D eigenvalue weighted by atomic mass is 35.5. The van der Waals surface area contributed by atoms with Gasteiger partial charge in [0.1, 0.15) is 0 Å². The Bertz CT molecular complexity index is 570. The molecule has 3 heterocycles. The standard InChI is InChI=1S/C17H23N4O.2ClH/c22-17-19-15-2-1-13(11-16(15)20-17)12-5-9-21(10-6-12)14-3-7-18-8-4-14;;/h1-2,11-12,14,18H,3-10H2,(H,19,22);2*1H. The van der Waals surface area contributed by atoms with Gasteiger partial charge >= 0.3 is 6.03 Å². The number of carbonyl (C=O) groups excluding carboxylic acids is 1. The lowest BCUT2D eigenvalue weighted by Gasteiger charge is -2.39. The fourth-order valence-corrected chi connectivity index (χ4v) is 4.02. The number of likely N-dealkylation sites (tertiary alicyclic amines) is 1.